The first-order chi connectivity index (χ1) is 19.4. The molecule has 13 heteroatoms. The Morgan fingerprint density at radius 2 is 1.44 bits per heavy atom. The normalized spacial score (nSPS) is 10.8. The quantitative estimate of drug-likeness (QED) is 0.209. The summed E-state index contributed by atoms with van der Waals surface area (Å²) >= 11 is 5.60. The molecule has 3 N–H and O–H groups in total. The summed E-state index contributed by atoms with van der Waals surface area (Å²) in [5.74, 6) is -2.51. The molecular weight excluding hydrogens is 554 g/mol. The molecule has 0 bridgehead atoms. The second kappa shape index (κ2) is 15.9. The van der Waals surface area contributed by atoms with Crippen LogP contribution in [0, 0.1) is 0 Å². The van der Waals surface area contributed by atoms with Crippen LogP contribution in [-0.2, 0) is 28.4 Å². The van der Waals surface area contributed by atoms with Crippen LogP contribution in [0.2, 0.25) is 5.28 Å². The van der Waals surface area contributed by atoms with Crippen molar-refractivity contribution < 1.29 is 24.5 Å². The molecule has 0 spiro atoms. The molecule has 0 aliphatic heterocycles. The number of imidazole rings is 1. The summed E-state index contributed by atoms with van der Waals surface area (Å²) in [5, 5.41) is 15.7. The lowest BCUT2D eigenvalue weighted by Gasteiger charge is -2.20. The number of fused-ring (bicyclic) bond motifs is 1. The second-order valence-electron chi connectivity index (χ2n) is 8.82. The average Bonchev–Trinajstić information content (AvgIpc) is 3.35. The number of hydrogen-bond acceptors (Lipinski definition) is 7. The van der Waals surface area contributed by atoms with Crippen LogP contribution in [0.3, 0.4) is 0 Å². The molecule has 4 rings (SSSR count). The van der Waals surface area contributed by atoms with E-state index in [1.54, 1.807) is 0 Å². The van der Waals surface area contributed by atoms with Gasteiger partial charge in [0.1, 0.15) is 6.10 Å². The average molecular weight is 586 g/mol. The number of aryl methyl sites for hydroxylation is 1. The van der Waals surface area contributed by atoms with Crippen LogP contribution in [0.25, 0.3) is 11.2 Å². The molecule has 0 fully saturated rings. The Morgan fingerprint density at radius 3 is 1.88 bits per heavy atom. The topological polar surface area (TPSA) is 160 Å². The van der Waals surface area contributed by atoms with Crippen molar-refractivity contribution in [2.45, 2.75) is 6.10 Å². The number of H-pyrrole nitrogens is 1. The third-order valence-electron chi connectivity index (χ3n) is 5.46. The van der Waals surface area contributed by atoms with E-state index in [2.05, 4.69) is 77.5 Å². The van der Waals surface area contributed by atoms with Crippen molar-refractivity contribution in [1.82, 2.24) is 24.0 Å². The standard InChI is InChI=1S/C17H21NO.C7H7ClN4O2.C4H4O4/c1-18(2)13-14-19-17(15-9-5-3-6-10-15)16-11-7-4-8-12-16;1-11-4-3(9-6(8)10-4)5(13)12(2)7(11)14;5-3(6)1-2-4(7)8/h3-12,17H,13-14H2,1-2H3;1-2H3,(H,9,10);1-2H,(H,5,6)(H,7,8)/b;;2-1+. The van der Waals surface area contributed by atoms with Crippen LogP contribution in [0.15, 0.2) is 82.4 Å². The van der Waals surface area contributed by atoms with Crippen molar-refractivity contribution in [3.8, 4) is 0 Å². The highest BCUT2D eigenvalue weighted by Gasteiger charge is 2.14. The van der Waals surface area contributed by atoms with Crippen LogP contribution in [0.5, 0.6) is 0 Å². The number of nitrogens with zero attached hydrogens (tertiary/aromatic N) is 4. The first-order valence-corrected chi connectivity index (χ1v) is 12.6. The summed E-state index contributed by atoms with van der Waals surface area (Å²) in [7, 11) is 7.05. The number of aromatic nitrogens is 4. The van der Waals surface area contributed by atoms with E-state index in [1.807, 2.05) is 12.1 Å². The zero-order chi connectivity index (χ0) is 30.5. The minimum atomic E-state index is -1.26. The Labute approximate surface area is 240 Å². The molecule has 2 heterocycles. The molecule has 4 aromatic rings. The maximum atomic E-state index is 11.5. The number of hydrogen-bond donors (Lipinski definition) is 3. The van der Waals surface area contributed by atoms with Crippen LogP contribution in [-0.4, -0.2) is 73.4 Å². The molecule has 0 amide bonds. The van der Waals surface area contributed by atoms with Gasteiger partial charge in [-0.15, -0.1) is 0 Å². The molecule has 0 saturated carbocycles. The van der Waals surface area contributed by atoms with E-state index in [1.165, 1.54) is 29.8 Å². The van der Waals surface area contributed by atoms with E-state index in [9.17, 15) is 19.2 Å². The van der Waals surface area contributed by atoms with Crippen molar-refractivity contribution in [3.05, 3.63) is 110 Å². The number of benzene rings is 2. The zero-order valence-corrected chi connectivity index (χ0v) is 23.8. The smallest absolute Gasteiger partial charge is 0.332 e. The summed E-state index contributed by atoms with van der Waals surface area (Å²) in [4.78, 5) is 50.6. The zero-order valence-electron chi connectivity index (χ0n) is 23.0. The van der Waals surface area contributed by atoms with Crippen molar-refractivity contribution >= 4 is 34.7 Å². The van der Waals surface area contributed by atoms with E-state index in [4.69, 9.17) is 26.6 Å². The fraction of sp³-hybridized carbons (Fsp3) is 0.250. The molecule has 2 aromatic carbocycles. The van der Waals surface area contributed by atoms with Gasteiger partial charge in [-0.25, -0.2) is 14.4 Å². The SMILES string of the molecule is CN(C)CCOC(c1ccccc1)c1ccccc1.Cn1c(=O)c2[nH]c(Cl)nc2n(C)c1=O.O=C(O)/C=C/C(=O)O. The lowest BCUT2D eigenvalue weighted by Crippen LogP contribution is -2.36. The number of aliphatic carboxylic acids is 2. The Hall–Kier alpha value is -4.52. The Morgan fingerprint density at radius 1 is 0.951 bits per heavy atom. The Kier molecular flexibility index (Phi) is 12.7. The van der Waals surface area contributed by atoms with Crippen LogP contribution >= 0.6 is 11.6 Å². The summed E-state index contributed by atoms with van der Waals surface area (Å²) in [5.41, 5.74) is 2.05. The van der Waals surface area contributed by atoms with Crippen molar-refractivity contribution in [2.24, 2.45) is 14.1 Å². The predicted molar refractivity (Wildman–Crippen MR) is 155 cm³/mol. The number of ether oxygens (including phenoxy) is 1. The molecule has 41 heavy (non-hydrogen) atoms. The number of halogens is 1. The third-order valence-corrected chi connectivity index (χ3v) is 5.64. The van der Waals surface area contributed by atoms with E-state index in [0.717, 1.165) is 17.7 Å². The molecule has 0 radical (unpaired) electrons. The van der Waals surface area contributed by atoms with Crippen LogP contribution in [0.1, 0.15) is 17.2 Å². The molecule has 0 atom stereocenters. The van der Waals surface area contributed by atoms with E-state index in [0.29, 0.717) is 12.2 Å². The molecular formula is C28H32ClN5O7. The van der Waals surface area contributed by atoms with Gasteiger partial charge in [0.15, 0.2) is 11.2 Å². The Balaban J connectivity index is 0.000000235. The maximum Gasteiger partial charge on any atom is 0.332 e. The Bertz CT molecular complexity index is 1520. The molecule has 2 aromatic heterocycles. The minimum absolute atomic E-state index is 0.0161. The van der Waals surface area contributed by atoms with Gasteiger partial charge in [-0.3, -0.25) is 13.9 Å². The van der Waals surface area contributed by atoms with Crippen molar-refractivity contribution in [2.75, 3.05) is 27.2 Å². The monoisotopic (exact) mass is 585 g/mol. The third kappa shape index (κ3) is 10.2. The van der Waals surface area contributed by atoms with Crippen molar-refractivity contribution in [3.63, 3.8) is 0 Å². The highest BCUT2D eigenvalue weighted by molar-refractivity contribution is 6.28. The number of nitrogens with one attached hydrogen (secondary N) is 1. The summed E-state index contributed by atoms with van der Waals surface area (Å²) in [6.07, 6.45) is 1.13. The largest absolute Gasteiger partial charge is 0.478 e. The maximum absolute atomic E-state index is 11.5. The highest BCUT2D eigenvalue weighted by atomic mass is 35.5. The van der Waals surface area contributed by atoms with Gasteiger partial charge in [-0.05, 0) is 36.8 Å². The molecule has 12 nitrogen and oxygen atoms in total. The van der Waals surface area contributed by atoms with Gasteiger partial charge in [-0.2, -0.15) is 4.98 Å². The molecule has 0 aliphatic rings. The number of rotatable bonds is 8. The summed E-state index contributed by atoms with van der Waals surface area (Å²) in [6, 6.07) is 20.8. The lowest BCUT2D eigenvalue weighted by atomic mass is 10.0. The minimum Gasteiger partial charge on any atom is -0.478 e. The molecule has 0 saturated heterocycles. The van der Waals surface area contributed by atoms with Crippen molar-refractivity contribution in [1.29, 1.82) is 0 Å². The van der Waals surface area contributed by atoms with Gasteiger partial charge < -0.3 is 24.8 Å². The molecule has 218 valence electrons. The second-order valence-corrected chi connectivity index (χ2v) is 9.18. The first-order valence-electron chi connectivity index (χ1n) is 12.2. The number of likely N-dealkylation sites (N-methyl/N-ethyl adjacent to an activating group) is 1. The van der Waals surface area contributed by atoms with E-state index < -0.39 is 23.2 Å². The fourth-order valence-electron chi connectivity index (χ4n) is 3.43. The number of aromatic amines is 1. The van der Waals surface area contributed by atoms with Gasteiger partial charge in [0.2, 0.25) is 5.28 Å². The first kappa shape index (κ1) is 32.7. The van der Waals surface area contributed by atoms with Gasteiger partial charge in [0.05, 0.1) is 6.61 Å². The van der Waals surface area contributed by atoms with E-state index in [-0.39, 0.29) is 22.6 Å². The number of carboxylic acids is 2. The summed E-state index contributed by atoms with van der Waals surface area (Å²) < 4.78 is 8.34. The van der Waals surface area contributed by atoms with Crippen LogP contribution in [0.4, 0.5) is 0 Å². The van der Waals surface area contributed by atoms with Gasteiger partial charge in [-0.1, -0.05) is 60.7 Å². The molecule has 0 unspecified atom stereocenters. The van der Waals surface area contributed by atoms with Gasteiger partial charge >= 0.3 is 17.6 Å². The fourth-order valence-corrected chi connectivity index (χ4v) is 3.61. The van der Waals surface area contributed by atoms with Crippen LogP contribution < -0.4 is 11.2 Å². The lowest BCUT2D eigenvalue weighted by molar-refractivity contribution is -0.134. The predicted octanol–water partition coefficient (Wildman–Crippen LogP) is 2.68. The van der Waals surface area contributed by atoms with E-state index >= 15 is 0 Å². The molecule has 0 aliphatic carbocycles. The summed E-state index contributed by atoms with van der Waals surface area (Å²) in [6.45, 7) is 1.65. The number of carboxylic acid groups (broad SMARTS) is 2. The van der Waals surface area contributed by atoms with Gasteiger partial charge in [0.25, 0.3) is 5.56 Å². The highest BCUT2D eigenvalue weighted by Crippen LogP contribution is 2.25. The van der Waals surface area contributed by atoms with Gasteiger partial charge in [0, 0.05) is 32.8 Å². The number of carbonyl (C=O) groups is 2.